The molecule has 3 aliphatic rings. The topological polar surface area (TPSA) is 641 Å². The Morgan fingerprint density at radius 2 is 1.25 bits per heavy atom. The fourth-order valence-electron chi connectivity index (χ4n) is 16.9. The van der Waals surface area contributed by atoms with E-state index >= 15 is 38.4 Å². The summed E-state index contributed by atoms with van der Waals surface area (Å²) in [6, 6.07) is -0.504. The molecule has 7 aromatic rings. The summed E-state index contributed by atoms with van der Waals surface area (Å²) < 4.78 is 1.83. The molecule has 0 spiro atoms. The van der Waals surface area contributed by atoms with Crippen LogP contribution in [0.3, 0.4) is 0 Å². The van der Waals surface area contributed by atoms with Crippen molar-refractivity contribution in [1.82, 2.24) is 103 Å². The van der Waals surface area contributed by atoms with Gasteiger partial charge in [-0.1, -0.05) is 109 Å². The number of rotatable bonds is 25. The number of carbonyl (C=O) groups is 17. The van der Waals surface area contributed by atoms with Gasteiger partial charge in [-0.3, -0.25) is 81.5 Å². The smallest absolute Gasteiger partial charge is 0.322 e. The van der Waals surface area contributed by atoms with Crippen molar-refractivity contribution in [1.29, 1.82) is 0 Å². The number of para-hydroxylation sites is 1. The van der Waals surface area contributed by atoms with Crippen LogP contribution in [0.4, 0.5) is 0 Å². The van der Waals surface area contributed by atoms with Gasteiger partial charge in [-0.25, -0.2) is 9.67 Å². The Bertz CT molecular complexity index is 5400. The summed E-state index contributed by atoms with van der Waals surface area (Å²) in [6.07, 6.45) is 1.34. The molecule has 728 valence electrons. The molecule has 1 unspecified atom stereocenters. The molecule has 10 rings (SSSR count). The fourth-order valence-corrected chi connectivity index (χ4v) is 18.8. The third-order valence-corrected chi connectivity index (χ3v) is 26.2. The third-order valence-electron chi connectivity index (χ3n) is 24.2. The molecule has 0 saturated carbocycles. The molecule has 4 aromatic heterocycles. The lowest BCUT2D eigenvalue weighted by atomic mass is 9.81. The molecule has 3 aliphatic heterocycles. The van der Waals surface area contributed by atoms with Crippen molar-refractivity contribution < 1.29 is 102 Å². The van der Waals surface area contributed by atoms with E-state index < -0.39 is 260 Å². The molecule has 0 aliphatic carbocycles. The number of primary amides is 2. The number of benzene rings is 3. The lowest BCUT2D eigenvalue weighted by molar-refractivity contribution is -0.145. The van der Waals surface area contributed by atoms with Crippen LogP contribution in [0.2, 0.25) is 0 Å². The number of carbonyl (C=O) groups excluding carboxylic acids is 16. The second-order valence-electron chi connectivity index (χ2n) is 34.7. The van der Waals surface area contributed by atoms with Crippen LogP contribution in [0.5, 0.6) is 5.75 Å². The van der Waals surface area contributed by atoms with E-state index in [1.165, 1.54) is 73.9 Å². The van der Waals surface area contributed by atoms with E-state index in [1.807, 2.05) is 32.0 Å². The quantitative estimate of drug-likeness (QED) is 0.0342. The minimum absolute atomic E-state index is 0.0477. The van der Waals surface area contributed by atoms with Gasteiger partial charge >= 0.3 is 5.97 Å². The number of likely N-dealkylation sites (N-methyl/N-ethyl adjacent to an activating group) is 1. The zero-order valence-corrected chi connectivity index (χ0v) is 77.7. The highest BCUT2D eigenvalue weighted by Crippen LogP contribution is 2.32. The van der Waals surface area contributed by atoms with E-state index in [4.69, 9.17) is 11.5 Å². The first-order chi connectivity index (χ1) is 64.4. The maximum Gasteiger partial charge on any atom is 0.322 e. The monoisotopic (exact) mass is 1910 g/mol. The molecule has 0 radical (unpaired) electrons. The van der Waals surface area contributed by atoms with E-state index in [0.717, 1.165) is 30.9 Å². The zero-order valence-electron chi connectivity index (χ0n) is 76.1. The largest absolute Gasteiger partial charge is 0.508 e. The van der Waals surface area contributed by atoms with Crippen molar-refractivity contribution >= 4 is 144 Å². The SMILES string of the molecule is CCCC[C@H]1C(=O)N[C@@H](CC(C)C)C(=O)N[C@H](C(=O)NCC(=O)O)CSCC(=O)N[C@@H](Cc2ccc(O)cc2)c2nnnn2[C@@H](C)C(=O)N[C@@H](CC(N)=O)C(=O)N2CCC[C@H]2C(=O)N[C@@H](Cc2c[nH]cn2)C(=O)N[C@@H](CCC(N)=O)C(=O)N2C[C@H](O)C[C@H]2C(=O)N[C@@H](Cc2c[nH]c3ccccc23)C(=O)N[C@@H](CO)C(=O)N[C@@H](Cc2csc3ccccc23)C(=O)N(C)[C@@H](CCCC)C(=O)C1C. The number of tetrazole rings is 1. The van der Waals surface area contributed by atoms with Crippen LogP contribution in [0.1, 0.15) is 165 Å². The Morgan fingerprint density at radius 3 is 1.93 bits per heavy atom. The molecule has 2 fully saturated rings. The minimum atomic E-state index is -1.90. The standard InChI is InChI=1S/C90H120N22O21S2/c1-8-10-17-56-48(5)77(121)69(21-11-9-2)109(7)88(131)65(34-52-43-135-72-23-15-13-19-58(52)72)103-85(128)67(42-113)104-83(126)63(33-51-38-94-59-20-14-12-18-57(51)59)100-87(130)71-36-55(115)41-111(71)89(132)60(28-29-73(91)116)98-84(127)64(35-53-39-93-46-96-53)101-86(129)70-22-16-30-110(70)90(133)66(37-74(92)117)102-79(122)49(6)112-78(106-107-108-112)61(32-50-24-26-54(114)27-25-50)97-75(118)45-134-44-68(81(124)95-40-76(119)120)105-82(125)62(31-47(3)4)99-80(56)123/h12-15,18-20,23-27,38-39,43,46-49,55-56,60-71,94,113-115H,8-11,16-17,21-22,28-37,40-42,44-45H2,1-7H3,(H2,91,116)(H2,92,117)(H,93,96)(H,95,124)(H,97,118)(H,98,127)(H,99,123)(H,100,130)(H,101,129)(H,102,122)(H,103,128)(H,104,126)(H,105,125)(H,119,120)/t48?,49-,55+,56+,60-,61-,62-,63-,64-,65-,66-,67-,68-,69-,70-,71-/m0/s1. The number of nitrogens with two attached hydrogens (primary N) is 2. The number of imidazole rings is 1. The number of hydrogen-bond acceptors (Lipinski definition) is 26. The Balaban J connectivity index is 1.02. The number of H-pyrrole nitrogens is 2. The number of Topliss-reactive ketones (excluding diaryl/α,β-unsaturated/α-hetero) is 1. The molecule has 15 amide bonds. The van der Waals surface area contributed by atoms with E-state index in [-0.39, 0.29) is 81.1 Å². The van der Waals surface area contributed by atoms with Crippen LogP contribution in [0.15, 0.2) is 96.9 Å². The van der Waals surface area contributed by atoms with E-state index in [9.17, 15) is 63.6 Å². The fraction of sp³-hybridized carbons (Fsp3) is 0.522. The Morgan fingerprint density at radius 1 is 0.630 bits per heavy atom. The number of aromatic amines is 2. The average molecular weight is 1910 g/mol. The number of carboxylic acid groups (broad SMARTS) is 1. The molecule has 2 saturated heterocycles. The summed E-state index contributed by atoms with van der Waals surface area (Å²) in [7, 11) is 1.38. The van der Waals surface area contributed by atoms with Crippen LogP contribution in [-0.4, -0.2) is 288 Å². The van der Waals surface area contributed by atoms with E-state index in [1.54, 1.807) is 55.8 Å². The number of fused-ring (bicyclic) bond motifs is 5. The number of aliphatic hydroxyl groups is 2. The van der Waals surface area contributed by atoms with E-state index in [2.05, 4.69) is 83.6 Å². The number of aliphatic carboxylic acids is 1. The number of thioether (sulfide) groups is 1. The van der Waals surface area contributed by atoms with Crippen molar-refractivity contribution in [3.8, 4) is 5.75 Å². The number of amides is 15. The second kappa shape index (κ2) is 49.1. The number of phenols is 1. The molecule has 7 heterocycles. The van der Waals surface area contributed by atoms with Crippen molar-refractivity contribution in [2.45, 2.75) is 235 Å². The van der Waals surface area contributed by atoms with Gasteiger partial charge in [0.2, 0.25) is 88.6 Å². The normalized spacial score (nSPS) is 25.1. The molecule has 16 atom stereocenters. The van der Waals surface area contributed by atoms with Crippen LogP contribution in [0, 0.1) is 17.8 Å². The van der Waals surface area contributed by atoms with Gasteiger partial charge in [0.05, 0.1) is 49.0 Å². The van der Waals surface area contributed by atoms with Crippen LogP contribution >= 0.6 is 23.1 Å². The molecule has 43 nitrogen and oxygen atoms in total. The number of aromatic hydroxyl groups is 1. The Kier molecular flexibility index (Phi) is 37.7. The van der Waals surface area contributed by atoms with Crippen molar-refractivity contribution in [2.24, 2.45) is 29.2 Å². The summed E-state index contributed by atoms with van der Waals surface area (Å²) in [5.74, 6) is -20.4. The van der Waals surface area contributed by atoms with Gasteiger partial charge in [0.15, 0.2) is 11.6 Å². The maximum atomic E-state index is 15.8. The molecular weight excluding hydrogens is 1790 g/mol. The molecule has 45 heteroatoms. The first kappa shape index (κ1) is 104. The number of hydrogen-bond donors (Lipinski definition) is 18. The predicted molar refractivity (Wildman–Crippen MR) is 491 cm³/mol. The molecule has 135 heavy (non-hydrogen) atoms. The summed E-state index contributed by atoms with van der Waals surface area (Å²) in [5, 5.41) is 84.3. The summed E-state index contributed by atoms with van der Waals surface area (Å²) in [5.41, 5.74) is 13.7. The van der Waals surface area contributed by atoms with Gasteiger partial charge in [-0.05, 0) is 114 Å². The lowest BCUT2D eigenvalue weighted by Crippen LogP contribution is -2.61. The van der Waals surface area contributed by atoms with Crippen LogP contribution in [-0.2, 0) is 107 Å². The van der Waals surface area contributed by atoms with Gasteiger partial charge < -0.3 is 110 Å². The number of ketones is 1. The molecule has 0 bridgehead atoms. The van der Waals surface area contributed by atoms with Crippen molar-refractivity contribution in [3.05, 3.63) is 125 Å². The van der Waals surface area contributed by atoms with Gasteiger partial charge in [0, 0.05) is 104 Å². The number of carboxylic acids is 1. The first-order valence-electron chi connectivity index (χ1n) is 45.1. The number of phenolic OH excluding ortho intramolecular Hbond substituents is 1. The summed E-state index contributed by atoms with van der Waals surface area (Å²) in [4.78, 5) is 262. The predicted octanol–water partition coefficient (Wildman–Crippen LogP) is -0.526. The zero-order chi connectivity index (χ0) is 98.0. The third kappa shape index (κ3) is 28.2. The van der Waals surface area contributed by atoms with E-state index in [0.29, 0.717) is 58.7 Å². The number of nitrogens with zero attached hydrogens (tertiary/aromatic N) is 8. The lowest BCUT2D eigenvalue weighted by Gasteiger charge is -2.34. The van der Waals surface area contributed by atoms with Crippen molar-refractivity contribution in [2.75, 3.05) is 44.8 Å². The number of unbranched alkanes of at least 4 members (excludes halogenated alkanes) is 2. The number of aliphatic hydroxyl groups excluding tert-OH is 2. The highest BCUT2D eigenvalue weighted by Gasteiger charge is 2.47. The first-order valence-corrected chi connectivity index (χ1v) is 47.1. The minimum Gasteiger partial charge on any atom is -0.508 e. The highest BCUT2D eigenvalue weighted by atomic mass is 32.2. The van der Waals surface area contributed by atoms with Crippen LogP contribution in [0.25, 0.3) is 21.0 Å². The summed E-state index contributed by atoms with van der Waals surface area (Å²) in [6.45, 7) is 7.38. The number of aromatic nitrogens is 7. The highest BCUT2D eigenvalue weighted by molar-refractivity contribution is 8.00. The second-order valence-corrected chi connectivity index (χ2v) is 36.6. The number of thiophene rings is 1. The Hall–Kier alpha value is -13.3. The molecule has 3 aromatic carbocycles. The van der Waals surface area contributed by atoms with Gasteiger partial charge in [0.1, 0.15) is 78.8 Å². The molecule has 20 N–H and O–H groups in total. The number of nitrogens with one attached hydrogen (secondary N) is 12. The molecular formula is C90H120N22O21S2. The average Bonchev–Trinajstić information content (AvgIpc) is 1.71. The van der Waals surface area contributed by atoms with Gasteiger partial charge in [0.25, 0.3) is 0 Å². The van der Waals surface area contributed by atoms with Crippen molar-refractivity contribution in [3.63, 3.8) is 0 Å². The summed E-state index contributed by atoms with van der Waals surface area (Å²) >= 11 is 2.16. The Labute approximate surface area is 785 Å². The van der Waals surface area contributed by atoms with Gasteiger partial charge in [-0.2, -0.15) is 0 Å². The maximum absolute atomic E-state index is 15.8. The van der Waals surface area contributed by atoms with Crippen LogP contribution < -0.4 is 64.6 Å². The van der Waals surface area contributed by atoms with Gasteiger partial charge in [-0.15, -0.1) is 28.2 Å².